The van der Waals surface area contributed by atoms with E-state index in [-0.39, 0.29) is 6.61 Å². The van der Waals surface area contributed by atoms with Gasteiger partial charge in [0.2, 0.25) is 0 Å². The fraction of sp³-hybridized carbons (Fsp3) is 0.791. The second-order valence-corrected chi connectivity index (χ2v) is 15.9. The van der Waals surface area contributed by atoms with Crippen molar-refractivity contribution in [3.63, 3.8) is 0 Å². The molecule has 2 aliphatic rings. The number of carboxylic acid groups (broad SMARTS) is 1. The Morgan fingerprint density at radius 2 is 1.12 bits per heavy atom. The van der Waals surface area contributed by atoms with Gasteiger partial charge in [-0.1, -0.05) is 128 Å². The van der Waals surface area contributed by atoms with Gasteiger partial charge in [0.25, 0.3) is 0 Å². The van der Waals surface area contributed by atoms with E-state index in [1.54, 1.807) is 20.8 Å². The van der Waals surface area contributed by atoms with E-state index in [9.17, 15) is 4.79 Å². The number of carbonyl (C=O) groups is 1. The number of rotatable bonds is 3. The number of hydrogen-bond donors (Lipinski definition) is 3. The van der Waals surface area contributed by atoms with Gasteiger partial charge in [0, 0.05) is 11.0 Å². The Bertz CT molecular complexity index is 851. The molecule has 0 radical (unpaired) electrons. The minimum Gasteiger partial charge on any atom is -0.516 e. The standard InChI is InChI=1S/C9H18O.C6H10O2.2C6H12O.C6H12.C4H8O.3C2H6/c1-8(2,3)5-9(4)6-10-7-9;1-4(2)5(3)6(7)8;1-6(2,3)5-4-7-5;1-5(2)6(3)4-7;1-5-6(2,3)4;1-4(2)3-5;3*1-2/h5-7H2,1-4H3;1-3H3,(H,7,8);5H,4H2,1-3H3;7H,4H2,1-3H3;5H,1H2,2-4H3;3,5H,1-2H3;3*1-2H3. The first-order valence-corrected chi connectivity index (χ1v) is 18.3. The van der Waals surface area contributed by atoms with Crippen LogP contribution in [0.4, 0.5) is 0 Å². The molecule has 1 unspecified atom stereocenters. The molecule has 298 valence electrons. The number of carboxylic acids is 1. The molecule has 49 heavy (non-hydrogen) atoms. The highest BCUT2D eigenvalue weighted by Crippen LogP contribution is 2.38. The third-order valence-corrected chi connectivity index (χ3v) is 6.19. The fourth-order valence-electron chi connectivity index (χ4n) is 2.75. The van der Waals surface area contributed by atoms with Gasteiger partial charge in [0.1, 0.15) is 0 Å². The maximum absolute atomic E-state index is 10.1. The van der Waals surface area contributed by atoms with Crippen LogP contribution in [0.1, 0.15) is 173 Å². The van der Waals surface area contributed by atoms with Crippen LogP contribution in [0.5, 0.6) is 0 Å². The summed E-state index contributed by atoms with van der Waals surface area (Å²) in [7, 11) is 0. The summed E-state index contributed by atoms with van der Waals surface area (Å²) in [6, 6.07) is 0. The Balaban J connectivity index is -0.0000000846. The molecule has 0 bridgehead atoms. The Kier molecular flexibility index (Phi) is 43.9. The van der Waals surface area contributed by atoms with Gasteiger partial charge in [-0.05, 0) is 89.2 Å². The van der Waals surface area contributed by atoms with Crippen LogP contribution in [0.2, 0.25) is 0 Å². The number of allylic oxidation sites excluding steroid dienone is 4. The SMILES string of the molecule is C=CC(C)(C)C.CC.CC.CC.CC(C)(C)C1CO1.CC(C)(C)CC1(C)COC1.CC(C)=C(C)C(=O)O.CC(C)=C(C)CO.CC(C)=CO. The molecule has 0 aromatic rings. The molecule has 0 amide bonds. The summed E-state index contributed by atoms with van der Waals surface area (Å²) in [4.78, 5) is 10.1. The smallest absolute Gasteiger partial charge is 0.331 e. The number of aliphatic carboxylic acids is 1. The highest BCUT2D eigenvalue weighted by molar-refractivity contribution is 5.86. The molecule has 0 saturated carbocycles. The molecular weight excluding hydrogens is 612 g/mol. The highest BCUT2D eigenvalue weighted by atomic mass is 16.6. The van der Waals surface area contributed by atoms with Gasteiger partial charge in [-0.3, -0.25) is 0 Å². The van der Waals surface area contributed by atoms with Crippen molar-refractivity contribution < 1.29 is 29.6 Å². The van der Waals surface area contributed by atoms with E-state index in [2.05, 4.69) is 75.8 Å². The van der Waals surface area contributed by atoms with Crippen LogP contribution in [-0.4, -0.2) is 53.8 Å². The lowest BCUT2D eigenvalue weighted by molar-refractivity contribution is -0.132. The van der Waals surface area contributed by atoms with E-state index in [0.29, 0.717) is 33.3 Å². The molecular formula is C43H90O6. The van der Waals surface area contributed by atoms with Gasteiger partial charge >= 0.3 is 5.97 Å². The Hall–Kier alpha value is -1.89. The number of aliphatic hydroxyl groups excluding tert-OH is 2. The Morgan fingerprint density at radius 1 is 0.796 bits per heavy atom. The van der Waals surface area contributed by atoms with Crippen LogP contribution < -0.4 is 0 Å². The zero-order chi connectivity index (χ0) is 41.4. The second-order valence-electron chi connectivity index (χ2n) is 15.9. The van der Waals surface area contributed by atoms with Gasteiger partial charge in [0.05, 0.1) is 38.8 Å². The third-order valence-electron chi connectivity index (χ3n) is 6.19. The summed E-state index contributed by atoms with van der Waals surface area (Å²) < 4.78 is 10.3. The van der Waals surface area contributed by atoms with Crippen molar-refractivity contribution in [2.75, 3.05) is 26.4 Å². The zero-order valence-electron chi connectivity index (χ0n) is 37.5. The fourth-order valence-corrected chi connectivity index (χ4v) is 2.75. The monoisotopic (exact) mass is 703 g/mol. The first kappa shape index (κ1) is 62.3. The van der Waals surface area contributed by atoms with Crippen molar-refractivity contribution >= 4 is 5.97 Å². The van der Waals surface area contributed by atoms with E-state index >= 15 is 0 Å². The molecule has 1 atom stereocenters. The lowest BCUT2D eigenvalue weighted by Crippen LogP contribution is -2.42. The lowest BCUT2D eigenvalue weighted by Gasteiger charge is -2.42. The van der Waals surface area contributed by atoms with E-state index < -0.39 is 5.97 Å². The molecule has 6 heteroatoms. The van der Waals surface area contributed by atoms with Crippen molar-refractivity contribution in [1.82, 2.24) is 0 Å². The van der Waals surface area contributed by atoms with Crippen molar-refractivity contribution in [1.29, 1.82) is 0 Å². The summed E-state index contributed by atoms with van der Waals surface area (Å²) >= 11 is 0. The van der Waals surface area contributed by atoms with Gasteiger partial charge < -0.3 is 24.8 Å². The second kappa shape index (κ2) is 34.6. The topological polar surface area (TPSA) is 99.5 Å². The molecule has 0 aliphatic carbocycles. The van der Waals surface area contributed by atoms with E-state index in [0.717, 1.165) is 42.8 Å². The molecule has 2 fully saturated rings. The van der Waals surface area contributed by atoms with Gasteiger partial charge in [0.15, 0.2) is 0 Å². The van der Waals surface area contributed by atoms with Crippen LogP contribution in [0.25, 0.3) is 0 Å². The molecule has 0 aromatic heterocycles. The zero-order valence-corrected chi connectivity index (χ0v) is 37.5. The van der Waals surface area contributed by atoms with Crippen LogP contribution in [-0.2, 0) is 14.3 Å². The molecule has 0 aromatic carbocycles. The summed E-state index contributed by atoms with van der Waals surface area (Å²) in [6.45, 7) is 55.6. The highest BCUT2D eigenvalue weighted by Gasteiger charge is 2.37. The van der Waals surface area contributed by atoms with Crippen LogP contribution >= 0.6 is 0 Å². The summed E-state index contributed by atoms with van der Waals surface area (Å²) in [5.74, 6) is -0.829. The van der Waals surface area contributed by atoms with Crippen LogP contribution in [0, 0.1) is 21.7 Å². The Morgan fingerprint density at radius 3 is 1.14 bits per heavy atom. The molecule has 2 heterocycles. The first-order chi connectivity index (χ1) is 22.1. The van der Waals surface area contributed by atoms with E-state index in [1.165, 1.54) is 12.0 Å². The molecule has 2 saturated heterocycles. The number of aliphatic hydroxyl groups is 2. The Labute approximate surface area is 308 Å². The third kappa shape index (κ3) is 55.8. The van der Waals surface area contributed by atoms with Crippen molar-refractivity contribution in [2.24, 2.45) is 21.7 Å². The number of hydrogen-bond acceptors (Lipinski definition) is 5. The normalized spacial score (nSPS) is 14.3. The lowest BCUT2D eigenvalue weighted by atomic mass is 9.74. The summed E-state index contributed by atoms with van der Waals surface area (Å²) in [5.41, 5.74) is 6.14. The van der Waals surface area contributed by atoms with Crippen LogP contribution in [0.15, 0.2) is 46.8 Å². The predicted molar refractivity (Wildman–Crippen MR) is 221 cm³/mol. The number of epoxide rings is 1. The first-order valence-electron chi connectivity index (χ1n) is 18.3. The van der Waals surface area contributed by atoms with Crippen molar-refractivity contribution in [2.45, 2.75) is 179 Å². The average Bonchev–Trinajstić information content (AvgIpc) is 3.85. The maximum atomic E-state index is 10.1. The molecule has 0 spiro atoms. The molecule has 3 N–H and O–H groups in total. The van der Waals surface area contributed by atoms with E-state index in [1.807, 2.05) is 82.2 Å². The van der Waals surface area contributed by atoms with Gasteiger partial charge in [-0.15, -0.1) is 6.58 Å². The molecule has 6 nitrogen and oxygen atoms in total. The van der Waals surface area contributed by atoms with Gasteiger partial charge in [-0.2, -0.15) is 0 Å². The molecule has 2 aliphatic heterocycles. The quantitative estimate of drug-likeness (QED) is 0.117. The largest absolute Gasteiger partial charge is 0.516 e. The average molecular weight is 703 g/mol. The van der Waals surface area contributed by atoms with Gasteiger partial charge in [-0.25, -0.2) is 4.79 Å². The summed E-state index contributed by atoms with van der Waals surface area (Å²) in [5, 5.41) is 24.7. The van der Waals surface area contributed by atoms with E-state index in [4.69, 9.17) is 24.8 Å². The summed E-state index contributed by atoms with van der Waals surface area (Å²) in [6.07, 6.45) is 4.85. The maximum Gasteiger partial charge on any atom is 0.331 e. The predicted octanol–water partition coefficient (Wildman–Crippen LogP) is 13.4. The minimum atomic E-state index is -0.829. The van der Waals surface area contributed by atoms with Crippen molar-refractivity contribution in [3.05, 3.63) is 46.8 Å². The molecule has 2 rings (SSSR count). The van der Waals surface area contributed by atoms with Crippen LogP contribution in [0.3, 0.4) is 0 Å². The van der Waals surface area contributed by atoms with Crippen molar-refractivity contribution in [3.8, 4) is 0 Å². The minimum absolute atomic E-state index is 0.197. The number of ether oxygens (including phenoxy) is 2.